The van der Waals surface area contributed by atoms with Crippen LogP contribution < -0.4 is 4.72 Å². The molecule has 0 saturated heterocycles. The first-order valence-electron chi connectivity index (χ1n) is 5.01. The number of benzene rings is 1. The number of rotatable bonds is 3. The highest BCUT2D eigenvalue weighted by molar-refractivity contribution is 9.10. The predicted molar refractivity (Wildman–Crippen MR) is 86.8 cm³/mol. The van der Waals surface area contributed by atoms with Gasteiger partial charge in [0.15, 0.2) is 8.68 Å². The molecule has 0 amide bonds. The maximum absolute atomic E-state index is 12.3. The third-order valence-electron chi connectivity index (χ3n) is 2.25. The Morgan fingerprint density at radius 1 is 1.25 bits per heavy atom. The van der Waals surface area contributed by atoms with Gasteiger partial charge in [0, 0.05) is 4.47 Å². The Kier molecular flexibility index (Phi) is 4.88. The molecule has 0 aliphatic rings. The van der Waals surface area contributed by atoms with Crippen LogP contribution in [0.25, 0.3) is 0 Å². The van der Waals surface area contributed by atoms with Crippen LogP contribution in [0.4, 0.5) is 5.69 Å². The quantitative estimate of drug-likeness (QED) is 0.691. The van der Waals surface area contributed by atoms with Gasteiger partial charge in [0.1, 0.15) is 0 Å². The van der Waals surface area contributed by atoms with Crippen LogP contribution in [-0.2, 0) is 10.0 Å². The van der Waals surface area contributed by atoms with Crippen molar-refractivity contribution in [3.8, 4) is 0 Å². The van der Waals surface area contributed by atoms with Crippen molar-refractivity contribution in [2.75, 3.05) is 4.72 Å². The maximum Gasteiger partial charge on any atom is 0.273 e. The van der Waals surface area contributed by atoms with Crippen molar-refractivity contribution in [1.82, 2.24) is 4.98 Å². The summed E-state index contributed by atoms with van der Waals surface area (Å²) in [6.45, 7) is 1.56. The van der Waals surface area contributed by atoms with E-state index in [1.165, 1.54) is 6.07 Å². The van der Waals surface area contributed by atoms with E-state index in [1.807, 2.05) is 0 Å². The van der Waals surface area contributed by atoms with Crippen LogP contribution in [0.1, 0.15) is 5.69 Å². The molecule has 4 nitrogen and oxygen atoms in total. The minimum atomic E-state index is -3.81. The second kappa shape index (κ2) is 5.98. The van der Waals surface area contributed by atoms with Gasteiger partial charge >= 0.3 is 0 Å². The van der Waals surface area contributed by atoms with Gasteiger partial charge in [0.05, 0.1) is 21.4 Å². The lowest BCUT2D eigenvalue weighted by Crippen LogP contribution is -2.13. The molecule has 0 bridgehead atoms. The number of hydrogen-bond acceptors (Lipinski definition) is 4. The predicted octanol–water partition coefficient (Wildman–Crippen LogP) is 4.98. The van der Waals surface area contributed by atoms with Crippen molar-refractivity contribution in [2.45, 2.75) is 11.1 Å². The SMILES string of the molecule is Cc1nc(Cl)sc1S(=O)(=O)Nc1ccc(Br)c(Cl)c1Cl. The summed E-state index contributed by atoms with van der Waals surface area (Å²) in [4.78, 5) is 3.87. The van der Waals surface area contributed by atoms with Crippen LogP contribution in [0.2, 0.25) is 14.5 Å². The fourth-order valence-electron chi connectivity index (χ4n) is 1.40. The van der Waals surface area contributed by atoms with E-state index in [-0.39, 0.29) is 24.4 Å². The fourth-order valence-corrected chi connectivity index (χ4v) is 5.09. The largest absolute Gasteiger partial charge is 0.277 e. The highest BCUT2D eigenvalue weighted by Gasteiger charge is 2.23. The first kappa shape index (κ1) is 16.3. The second-order valence-corrected chi connectivity index (χ2v) is 8.74. The van der Waals surface area contributed by atoms with Crippen LogP contribution in [0.5, 0.6) is 0 Å². The number of halogens is 4. The number of thiazole rings is 1. The summed E-state index contributed by atoms with van der Waals surface area (Å²) in [7, 11) is -3.81. The molecule has 0 saturated carbocycles. The topological polar surface area (TPSA) is 59.1 Å². The van der Waals surface area contributed by atoms with Gasteiger partial charge in [-0.05, 0) is 35.0 Å². The van der Waals surface area contributed by atoms with E-state index in [4.69, 9.17) is 34.8 Å². The Hall–Kier alpha value is -0.0500. The summed E-state index contributed by atoms with van der Waals surface area (Å²) >= 11 is 21.7. The number of nitrogens with zero attached hydrogens (tertiary/aromatic N) is 1. The summed E-state index contributed by atoms with van der Waals surface area (Å²) < 4.78 is 27.7. The molecule has 108 valence electrons. The van der Waals surface area contributed by atoms with E-state index in [2.05, 4.69) is 25.6 Å². The van der Waals surface area contributed by atoms with E-state index >= 15 is 0 Å². The molecule has 0 aliphatic heterocycles. The lowest BCUT2D eigenvalue weighted by atomic mass is 10.3. The monoisotopic (exact) mass is 434 g/mol. The molecule has 2 rings (SSSR count). The highest BCUT2D eigenvalue weighted by atomic mass is 79.9. The van der Waals surface area contributed by atoms with Crippen molar-refractivity contribution >= 4 is 77.8 Å². The molecule has 1 N–H and O–H groups in total. The first-order chi connectivity index (χ1) is 9.22. The zero-order valence-corrected chi connectivity index (χ0v) is 15.2. The molecule has 10 heteroatoms. The van der Waals surface area contributed by atoms with E-state index in [0.29, 0.717) is 10.2 Å². The third kappa shape index (κ3) is 3.23. The Morgan fingerprint density at radius 2 is 1.90 bits per heavy atom. The van der Waals surface area contributed by atoms with Gasteiger partial charge in [-0.2, -0.15) is 0 Å². The average molecular weight is 437 g/mol. The molecular formula is C10H6BrCl3N2O2S2. The van der Waals surface area contributed by atoms with E-state index < -0.39 is 10.0 Å². The standard InChI is InChI=1S/C10H6BrCl3N2O2S2/c1-4-9(19-10(14)15-4)20(17,18)16-6-3-2-5(11)7(12)8(6)13/h2-3,16H,1H3. The van der Waals surface area contributed by atoms with Crippen LogP contribution in [0, 0.1) is 6.92 Å². The zero-order valence-electron chi connectivity index (χ0n) is 9.75. The van der Waals surface area contributed by atoms with Crippen molar-refractivity contribution in [1.29, 1.82) is 0 Å². The smallest absolute Gasteiger partial charge is 0.273 e. The highest BCUT2D eigenvalue weighted by Crippen LogP contribution is 2.37. The summed E-state index contributed by atoms with van der Waals surface area (Å²) in [5, 5.41) is 0.337. The average Bonchev–Trinajstić information content (AvgIpc) is 2.70. The lowest BCUT2D eigenvalue weighted by Gasteiger charge is -2.10. The maximum atomic E-state index is 12.3. The second-order valence-electron chi connectivity index (χ2n) is 3.67. The first-order valence-corrected chi connectivity index (χ1v) is 9.24. The number of anilines is 1. The molecule has 0 unspecified atom stereocenters. The molecule has 2 aromatic rings. The summed E-state index contributed by atoms with van der Waals surface area (Å²) in [6, 6.07) is 3.10. The van der Waals surface area contributed by atoms with Gasteiger partial charge in [-0.1, -0.05) is 46.1 Å². The number of aryl methyl sites for hydroxylation is 1. The van der Waals surface area contributed by atoms with E-state index in [0.717, 1.165) is 11.3 Å². The molecule has 20 heavy (non-hydrogen) atoms. The molecule has 0 aliphatic carbocycles. The number of sulfonamides is 1. The number of nitrogens with one attached hydrogen (secondary N) is 1. The molecule has 0 atom stereocenters. The summed E-state index contributed by atoms with van der Waals surface area (Å²) in [5.74, 6) is 0. The van der Waals surface area contributed by atoms with Crippen LogP contribution >= 0.6 is 62.1 Å². The minimum Gasteiger partial charge on any atom is -0.277 e. The van der Waals surface area contributed by atoms with Gasteiger partial charge in [-0.25, -0.2) is 13.4 Å². The normalized spacial score (nSPS) is 11.7. The molecule has 1 heterocycles. The fraction of sp³-hybridized carbons (Fsp3) is 0.100. The molecule has 0 spiro atoms. The Labute approximate surface area is 143 Å². The Morgan fingerprint density at radius 3 is 2.45 bits per heavy atom. The third-order valence-corrected chi connectivity index (χ3v) is 7.26. The molecule has 0 fully saturated rings. The Balaban J connectivity index is 2.44. The lowest BCUT2D eigenvalue weighted by molar-refractivity contribution is 0.602. The minimum absolute atomic E-state index is 0.0395. The summed E-state index contributed by atoms with van der Waals surface area (Å²) in [5.41, 5.74) is 0.510. The van der Waals surface area contributed by atoms with Crippen LogP contribution in [0.3, 0.4) is 0 Å². The van der Waals surface area contributed by atoms with Crippen molar-refractivity contribution in [3.05, 3.63) is 36.8 Å². The number of hydrogen-bond donors (Lipinski definition) is 1. The molecular weight excluding hydrogens is 431 g/mol. The molecule has 1 aromatic carbocycles. The van der Waals surface area contributed by atoms with Crippen LogP contribution in [-0.4, -0.2) is 13.4 Å². The van der Waals surface area contributed by atoms with Gasteiger partial charge in [-0.3, -0.25) is 4.72 Å². The zero-order chi connectivity index (χ0) is 15.1. The molecule has 0 radical (unpaired) electrons. The van der Waals surface area contributed by atoms with Gasteiger partial charge in [0.25, 0.3) is 10.0 Å². The van der Waals surface area contributed by atoms with E-state index in [1.54, 1.807) is 13.0 Å². The Bertz CT molecular complexity index is 777. The van der Waals surface area contributed by atoms with Crippen molar-refractivity contribution in [2.24, 2.45) is 0 Å². The van der Waals surface area contributed by atoms with Gasteiger partial charge in [-0.15, -0.1) is 0 Å². The van der Waals surface area contributed by atoms with Crippen molar-refractivity contribution < 1.29 is 8.42 Å². The molecule has 1 aromatic heterocycles. The van der Waals surface area contributed by atoms with Gasteiger partial charge in [0.2, 0.25) is 0 Å². The van der Waals surface area contributed by atoms with Crippen molar-refractivity contribution in [3.63, 3.8) is 0 Å². The van der Waals surface area contributed by atoms with E-state index in [9.17, 15) is 8.42 Å². The van der Waals surface area contributed by atoms with Gasteiger partial charge < -0.3 is 0 Å². The summed E-state index contributed by atoms with van der Waals surface area (Å²) in [6.07, 6.45) is 0. The number of aromatic nitrogens is 1. The van der Waals surface area contributed by atoms with Crippen LogP contribution in [0.15, 0.2) is 20.8 Å².